The van der Waals surface area contributed by atoms with Gasteiger partial charge < -0.3 is 11.1 Å². The van der Waals surface area contributed by atoms with Gasteiger partial charge in [-0.15, -0.1) is 0 Å². The SMILES string of the molecule is NC(=O)C1(Nc2cccc(Cl)c2)CCc2cc(Br)ccc21. The summed E-state index contributed by atoms with van der Waals surface area (Å²) < 4.78 is 1.00. The number of benzene rings is 2. The second-order valence-corrected chi connectivity index (χ2v) is 6.56. The minimum atomic E-state index is -0.874. The first-order valence-electron chi connectivity index (χ1n) is 6.64. The first kappa shape index (κ1) is 14.4. The minimum Gasteiger partial charge on any atom is -0.368 e. The number of primary amides is 1. The molecule has 0 radical (unpaired) electrons. The fourth-order valence-corrected chi connectivity index (χ4v) is 3.50. The summed E-state index contributed by atoms with van der Waals surface area (Å²) in [7, 11) is 0. The number of hydrogen-bond donors (Lipinski definition) is 2. The maximum Gasteiger partial charge on any atom is 0.247 e. The molecule has 1 unspecified atom stereocenters. The maximum atomic E-state index is 12.2. The van der Waals surface area contributed by atoms with Gasteiger partial charge in [0.2, 0.25) is 5.91 Å². The van der Waals surface area contributed by atoms with Crippen LogP contribution in [0.3, 0.4) is 0 Å². The van der Waals surface area contributed by atoms with E-state index in [2.05, 4.69) is 21.2 Å². The van der Waals surface area contributed by atoms with Crippen molar-refractivity contribution < 1.29 is 4.79 Å². The molecule has 3 nitrogen and oxygen atoms in total. The van der Waals surface area contributed by atoms with E-state index in [0.717, 1.165) is 27.7 Å². The van der Waals surface area contributed by atoms with Gasteiger partial charge in [-0.1, -0.05) is 39.7 Å². The largest absolute Gasteiger partial charge is 0.368 e. The molecule has 0 saturated carbocycles. The number of nitrogens with one attached hydrogen (secondary N) is 1. The predicted molar refractivity (Wildman–Crippen MR) is 88.4 cm³/mol. The lowest BCUT2D eigenvalue weighted by Crippen LogP contribution is -2.46. The van der Waals surface area contributed by atoms with E-state index in [4.69, 9.17) is 17.3 Å². The lowest BCUT2D eigenvalue weighted by Gasteiger charge is -2.29. The Labute approximate surface area is 136 Å². The van der Waals surface area contributed by atoms with Crippen molar-refractivity contribution in [3.05, 3.63) is 63.1 Å². The molecule has 1 aliphatic carbocycles. The summed E-state index contributed by atoms with van der Waals surface area (Å²) in [6, 6.07) is 13.2. The zero-order chi connectivity index (χ0) is 15.0. The quantitative estimate of drug-likeness (QED) is 0.868. The van der Waals surface area contributed by atoms with E-state index >= 15 is 0 Å². The summed E-state index contributed by atoms with van der Waals surface area (Å²) >= 11 is 9.48. The van der Waals surface area contributed by atoms with Crippen LogP contribution in [0, 0.1) is 0 Å². The van der Waals surface area contributed by atoms with Gasteiger partial charge in [-0.25, -0.2) is 0 Å². The van der Waals surface area contributed by atoms with Gasteiger partial charge in [0.05, 0.1) is 0 Å². The molecule has 0 bridgehead atoms. The Morgan fingerprint density at radius 3 is 2.81 bits per heavy atom. The lowest BCUT2D eigenvalue weighted by atomic mass is 9.90. The van der Waals surface area contributed by atoms with E-state index in [-0.39, 0.29) is 5.91 Å². The highest BCUT2D eigenvalue weighted by atomic mass is 79.9. The second-order valence-electron chi connectivity index (χ2n) is 5.21. The van der Waals surface area contributed by atoms with Crippen LogP contribution < -0.4 is 11.1 Å². The van der Waals surface area contributed by atoms with E-state index in [0.29, 0.717) is 11.4 Å². The molecule has 2 aromatic carbocycles. The summed E-state index contributed by atoms with van der Waals surface area (Å²) in [4.78, 5) is 12.2. The Kier molecular flexibility index (Phi) is 3.68. The fraction of sp³-hybridized carbons (Fsp3) is 0.188. The summed E-state index contributed by atoms with van der Waals surface area (Å²) in [6.45, 7) is 0. The molecule has 1 atom stereocenters. The van der Waals surface area contributed by atoms with Gasteiger partial charge in [0.1, 0.15) is 5.54 Å². The number of hydrogen-bond acceptors (Lipinski definition) is 2. The first-order chi connectivity index (χ1) is 10.0. The maximum absolute atomic E-state index is 12.2. The van der Waals surface area contributed by atoms with Gasteiger partial charge in [-0.05, 0) is 54.3 Å². The van der Waals surface area contributed by atoms with Crippen molar-refractivity contribution >= 4 is 39.1 Å². The molecule has 0 fully saturated rings. The Morgan fingerprint density at radius 1 is 1.29 bits per heavy atom. The van der Waals surface area contributed by atoms with E-state index in [9.17, 15) is 4.79 Å². The summed E-state index contributed by atoms with van der Waals surface area (Å²) in [6.07, 6.45) is 1.45. The molecule has 0 aromatic heterocycles. The minimum absolute atomic E-state index is 0.372. The smallest absolute Gasteiger partial charge is 0.247 e. The average molecular weight is 366 g/mol. The van der Waals surface area contributed by atoms with Crippen molar-refractivity contribution in [1.29, 1.82) is 0 Å². The third kappa shape index (κ3) is 2.54. The Bertz CT molecular complexity index is 719. The molecule has 1 amide bonds. The molecule has 3 rings (SSSR count). The van der Waals surface area contributed by atoms with Crippen molar-refractivity contribution in [1.82, 2.24) is 0 Å². The van der Waals surface area contributed by atoms with Crippen LogP contribution in [0.2, 0.25) is 5.02 Å². The van der Waals surface area contributed by atoms with Crippen LogP contribution in [0.15, 0.2) is 46.9 Å². The van der Waals surface area contributed by atoms with E-state index in [1.807, 2.05) is 30.3 Å². The van der Waals surface area contributed by atoms with Crippen LogP contribution in [-0.2, 0) is 16.8 Å². The molecular formula is C16H14BrClN2O. The van der Waals surface area contributed by atoms with Crippen molar-refractivity contribution in [3.63, 3.8) is 0 Å². The van der Waals surface area contributed by atoms with Crippen molar-refractivity contribution in [2.45, 2.75) is 18.4 Å². The number of carbonyl (C=O) groups excluding carboxylic acids is 1. The molecule has 0 aliphatic heterocycles. The normalized spacial score (nSPS) is 20.1. The highest BCUT2D eigenvalue weighted by molar-refractivity contribution is 9.10. The van der Waals surface area contributed by atoms with Gasteiger partial charge in [0.15, 0.2) is 0 Å². The van der Waals surface area contributed by atoms with Gasteiger partial charge >= 0.3 is 0 Å². The Balaban J connectivity index is 2.06. The van der Waals surface area contributed by atoms with Gasteiger partial charge in [0.25, 0.3) is 0 Å². The number of aryl methyl sites for hydroxylation is 1. The van der Waals surface area contributed by atoms with Crippen LogP contribution in [0.5, 0.6) is 0 Å². The standard InChI is InChI=1S/C16H14BrClN2O/c17-11-4-5-14-10(8-11)6-7-16(14,15(19)21)20-13-3-1-2-12(18)9-13/h1-5,8-9,20H,6-7H2,(H2,19,21). The monoisotopic (exact) mass is 364 g/mol. The number of nitrogens with two attached hydrogens (primary N) is 1. The first-order valence-corrected chi connectivity index (χ1v) is 7.81. The zero-order valence-electron chi connectivity index (χ0n) is 11.2. The molecule has 0 saturated heterocycles. The van der Waals surface area contributed by atoms with E-state index in [1.165, 1.54) is 0 Å². The topological polar surface area (TPSA) is 55.1 Å². The van der Waals surface area contributed by atoms with Crippen LogP contribution >= 0.6 is 27.5 Å². The number of carbonyl (C=O) groups is 1. The Morgan fingerprint density at radius 2 is 2.10 bits per heavy atom. The van der Waals surface area contributed by atoms with Crippen molar-refractivity contribution in [2.24, 2.45) is 5.73 Å². The molecule has 5 heteroatoms. The summed E-state index contributed by atoms with van der Waals surface area (Å²) in [5.41, 5.74) is 7.72. The van der Waals surface area contributed by atoms with Gasteiger partial charge in [-0.3, -0.25) is 4.79 Å². The molecule has 21 heavy (non-hydrogen) atoms. The fourth-order valence-electron chi connectivity index (χ4n) is 2.90. The van der Waals surface area contributed by atoms with Crippen molar-refractivity contribution in [3.8, 4) is 0 Å². The number of amides is 1. The highest BCUT2D eigenvalue weighted by Crippen LogP contribution is 2.40. The third-order valence-electron chi connectivity index (χ3n) is 3.90. The molecule has 0 heterocycles. The summed E-state index contributed by atoms with van der Waals surface area (Å²) in [5, 5.41) is 3.92. The number of rotatable bonds is 3. The molecule has 0 spiro atoms. The Hall–Kier alpha value is -1.52. The summed E-state index contributed by atoms with van der Waals surface area (Å²) in [5.74, 6) is -0.372. The molecule has 2 aromatic rings. The molecular weight excluding hydrogens is 352 g/mol. The van der Waals surface area contributed by atoms with Crippen LogP contribution in [0.1, 0.15) is 17.5 Å². The third-order valence-corrected chi connectivity index (χ3v) is 4.63. The van der Waals surface area contributed by atoms with Gasteiger partial charge in [0, 0.05) is 15.2 Å². The van der Waals surface area contributed by atoms with E-state index in [1.54, 1.807) is 12.1 Å². The molecule has 3 N–H and O–H groups in total. The molecule has 108 valence electrons. The van der Waals surface area contributed by atoms with Crippen LogP contribution in [0.4, 0.5) is 5.69 Å². The van der Waals surface area contributed by atoms with Gasteiger partial charge in [-0.2, -0.15) is 0 Å². The van der Waals surface area contributed by atoms with Crippen LogP contribution in [0.25, 0.3) is 0 Å². The molecule has 1 aliphatic rings. The highest BCUT2D eigenvalue weighted by Gasteiger charge is 2.44. The average Bonchev–Trinajstić information content (AvgIpc) is 2.78. The second kappa shape index (κ2) is 5.35. The number of halogens is 2. The number of fused-ring (bicyclic) bond motifs is 1. The predicted octanol–water partition coefficient (Wildman–Crippen LogP) is 3.84. The van der Waals surface area contributed by atoms with Crippen LogP contribution in [-0.4, -0.2) is 5.91 Å². The van der Waals surface area contributed by atoms with Crippen molar-refractivity contribution in [2.75, 3.05) is 5.32 Å². The van der Waals surface area contributed by atoms with E-state index < -0.39 is 5.54 Å². The zero-order valence-corrected chi connectivity index (χ0v) is 13.5. The lowest BCUT2D eigenvalue weighted by molar-refractivity contribution is -0.122. The number of anilines is 1.